The lowest BCUT2D eigenvalue weighted by Gasteiger charge is -2.22. The van der Waals surface area contributed by atoms with Crippen molar-refractivity contribution in [1.82, 2.24) is 5.32 Å². The maximum absolute atomic E-state index is 10.00. The van der Waals surface area contributed by atoms with Crippen LogP contribution in [-0.2, 0) is 5.60 Å². The van der Waals surface area contributed by atoms with Crippen molar-refractivity contribution in [2.45, 2.75) is 19.4 Å². The van der Waals surface area contributed by atoms with Gasteiger partial charge in [0.05, 0.1) is 0 Å². The van der Waals surface area contributed by atoms with E-state index in [-0.39, 0.29) is 0 Å². The minimum absolute atomic E-state index is 0.588. The first-order valence-electron chi connectivity index (χ1n) is 3.99. The normalized spacial score (nSPS) is 16.0. The molecule has 1 aromatic rings. The fraction of sp³-hybridized carbons (Fsp3) is 0.556. The molecule has 3 heteroatoms. The van der Waals surface area contributed by atoms with Crippen LogP contribution in [0.15, 0.2) is 11.4 Å². The Kier molecular flexibility index (Phi) is 2.88. The van der Waals surface area contributed by atoms with Crippen LogP contribution < -0.4 is 5.32 Å². The summed E-state index contributed by atoms with van der Waals surface area (Å²) < 4.78 is 0. The van der Waals surface area contributed by atoms with Crippen molar-refractivity contribution in [3.63, 3.8) is 0 Å². The summed E-state index contributed by atoms with van der Waals surface area (Å²) in [7, 11) is 1.84. The molecule has 0 aliphatic rings. The van der Waals surface area contributed by atoms with Gasteiger partial charge >= 0.3 is 0 Å². The molecule has 0 aromatic carbocycles. The molecular formula is C9H15NOS. The highest BCUT2D eigenvalue weighted by Crippen LogP contribution is 2.26. The van der Waals surface area contributed by atoms with Gasteiger partial charge in [0.2, 0.25) is 0 Å². The minimum Gasteiger partial charge on any atom is -0.384 e. The molecule has 2 N–H and O–H groups in total. The molecule has 0 radical (unpaired) electrons. The predicted molar refractivity (Wildman–Crippen MR) is 52.6 cm³/mol. The summed E-state index contributed by atoms with van der Waals surface area (Å²) in [5.74, 6) is 0. The van der Waals surface area contributed by atoms with Gasteiger partial charge in [0.15, 0.2) is 0 Å². The first-order chi connectivity index (χ1) is 5.58. The number of nitrogens with one attached hydrogen (secondary N) is 1. The van der Waals surface area contributed by atoms with E-state index in [1.54, 1.807) is 11.3 Å². The van der Waals surface area contributed by atoms with Crippen molar-refractivity contribution in [3.05, 3.63) is 21.9 Å². The number of aryl methyl sites for hydroxylation is 1. The van der Waals surface area contributed by atoms with Crippen LogP contribution in [-0.4, -0.2) is 18.7 Å². The highest BCUT2D eigenvalue weighted by atomic mass is 32.1. The van der Waals surface area contributed by atoms with Gasteiger partial charge in [-0.3, -0.25) is 0 Å². The van der Waals surface area contributed by atoms with Crippen molar-refractivity contribution < 1.29 is 5.11 Å². The van der Waals surface area contributed by atoms with E-state index in [0.717, 1.165) is 5.56 Å². The second kappa shape index (κ2) is 3.56. The van der Waals surface area contributed by atoms with Crippen molar-refractivity contribution in [2.24, 2.45) is 0 Å². The Morgan fingerprint density at radius 1 is 1.67 bits per heavy atom. The molecule has 0 saturated carbocycles. The Morgan fingerprint density at radius 2 is 2.33 bits per heavy atom. The lowest BCUT2D eigenvalue weighted by molar-refractivity contribution is 0.0590. The van der Waals surface area contributed by atoms with E-state index in [9.17, 15) is 5.11 Å². The summed E-state index contributed by atoms with van der Waals surface area (Å²) in [4.78, 5) is 1.19. The number of hydrogen-bond donors (Lipinski definition) is 2. The zero-order valence-electron chi connectivity index (χ0n) is 7.72. The molecule has 0 aliphatic carbocycles. The number of hydrogen-bond acceptors (Lipinski definition) is 3. The SMILES string of the molecule is CNCC(C)(O)c1ccsc1C. The lowest BCUT2D eigenvalue weighted by atomic mass is 9.97. The summed E-state index contributed by atoms with van der Waals surface area (Å²) in [6.07, 6.45) is 0. The van der Waals surface area contributed by atoms with Crippen LogP contribution in [0.5, 0.6) is 0 Å². The molecule has 1 aromatic heterocycles. The topological polar surface area (TPSA) is 32.3 Å². The van der Waals surface area contributed by atoms with Crippen LogP contribution in [0.1, 0.15) is 17.4 Å². The highest BCUT2D eigenvalue weighted by molar-refractivity contribution is 7.10. The van der Waals surface area contributed by atoms with Gasteiger partial charge in [-0.1, -0.05) is 0 Å². The Balaban J connectivity index is 2.88. The predicted octanol–water partition coefficient (Wildman–Crippen LogP) is 1.48. The van der Waals surface area contributed by atoms with Gasteiger partial charge in [0, 0.05) is 11.4 Å². The van der Waals surface area contributed by atoms with Gasteiger partial charge in [0.25, 0.3) is 0 Å². The highest BCUT2D eigenvalue weighted by Gasteiger charge is 2.24. The minimum atomic E-state index is -0.737. The quantitative estimate of drug-likeness (QED) is 0.747. The molecular weight excluding hydrogens is 170 g/mol. The molecule has 0 spiro atoms. The molecule has 0 amide bonds. The van der Waals surface area contributed by atoms with E-state index in [0.29, 0.717) is 6.54 Å². The van der Waals surface area contributed by atoms with E-state index >= 15 is 0 Å². The number of thiophene rings is 1. The van der Waals surface area contributed by atoms with Gasteiger partial charge in [-0.25, -0.2) is 0 Å². The summed E-state index contributed by atoms with van der Waals surface area (Å²) in [6.45, 7) is 4.45. The first-order valence-corrected chi connectivity index (χ1v) is 4.87. The molecule has 0 aliphatic heterocycles. The molecule has 0 bridgehead atoms. The smallest absolute Gasteiger partial charge is 0.100 e. The third-order valence-corrected chi connectivity index (χ3v) is 2.81. The van der Waals surface area contributed by atoms with Crippen molar-refractivity contribution in [3.8, 4) is 0 Å². The van der Waals surface area contributed by atoms with Gasteiger partial charge in [-0.05, 0) is 37.9 Å². The van der Waals surface area contributed by atoms with E-state index in [1.807, 2.05) is 32.3 Å². The molecule has 0 fully saturated rings. The summed E-state index contributed by atoms with van der Waals surface area (Å²) >= 11 is 1.67. The monoisotopic (exact) mass is 185 g/mol. The standard InChI is InChI=1S/C9H15NOS/c1-7-8(4-5-12-7)9(2,11)6-10-3/h4-5,10-11H,6H2,1-3H3. The molecule has 1 heterocycles. The Morgan fingerprint density at radius 3 is 2.75 bits per heavy atom. The van der Waals surface area contributed by atoms with Gasteiger partial charge < -0.3 is 10.4 Å². The molecule has 0 saturated heterocycles. The third kappa shape index (κ3) is 1.86. The zero-order chi connectivity index (χ0) is 9.19. The number of rotatable bonds is 3. The number of likely N-dealkylation sites (N-methyl/N-ethyl adjacent to an activating group) is 1. The van der Waals surface area contributed by atoms with Crippen LogP contribution in [0, 0.1) is 6.92 Å². The Bertz CT molecular complexity index is 255. The van der Waals surface area contributed by atoms with E-state index in [2.05, 4.69) is 5.32 Å². The molecule has 2 nitrogen and oxygen atoms in total. The summed E-state index contributed by atoms with van der Waals surface area (Å²) in [6, 6.07) is 1.98. The van der Waals surface area contributed by atoms with E-state index < -0.39 is 5.60 Å². The van der Waals surface area contributed by atoms with Crippen LogP contribution >= 0.6 is 11.3 Å². The fourth-order valence-electron chi connectivity index (χ4n) is 1.38. The fourth-order valence-corrected chi connectivity index (χ4v) is 2.21. The third-order valence-electron chi connectivity index (χ3n) is 1.96. The van der Waals surface area contributed by atoms with Gasteiger partial charge in [0.1, 0.15) is 5.60 Å². The first kappa shape index (κ1) is 9.71. The molecule has 1 atom stereocenters. The van der Waals surface area contributed by atoms with Crippen molar-refractivity contribution in [2.75, 3.05) is 13.6 Å². The van der Waals surface area contributed by atoms with Crippen LogP contribution in [0.4, 0.5) is 0 Å². The summed E-state index contributed by atoms with van der Waals surface area (Å²) in [5.41, 5.74) is 0.292. The van der Waals surface area contributed by atoms with Crippen molar-refractivity contribution in [1.29, 1.82) is 0 Å². The molecule has 68 valence electrons. The number of aliphatic hydroxyl groups is 1. The largest absolute Gasteiger partial charge is 0.384 e. The second-order valence-electron chi connectivity index (χ2n) is 3.19. The molecule has 1 unspecified atom stereocenters. The van der Waals surface area contributed by atoms with Crippen LogP contribution in [0.3, 0.4) is 0 Å². The maximum atomic E-state index is 10.00. The van der Waals surface area contributed by atoms with Crippen LogP contribution in [0.25, 0.3) is 0 Å². The van der Waals surface area contributed by atoms with Gasteiger partial charge in [-0.15, -0.1) is 11.3 Å². The molecule has 1 rings (SSSR count). The maximum Gasteiger partial charge on any atom is 0.100 e. The Labute approximate surface area is 77.2 Å². The lowest BCUT2D eigenvalue weighted by Crippen LogP contribution is -2.33. The average molecular weight is 185 g/mol. The zero-order valence-corrected chi connectivity index (χ0v) is 8.53. The van der Waals surface area contributed by atoms with Gasteiger partial charge in [-0.2, -0.15) is 0 Å². The average Bonchev–Trinajstić information content (AvgIpc) is 2.35. The van der Waals surface area contributed by atoms with E-state index in [4.69, 9.17) is 0 Å². The summed E-state index contributed by atoms with van der Waals surface area (Å²) in [5, 5.41) is 15.0. The molecule has 12 heavy (non-hydrogen) atoms. The van der Waals surface area contributed by atoms with Crippen molar-refractivity contribution >= 4 is 11.3 Å². The van der Waals surface area contributed by atoms with E-state index in [1.165, 1.54) is 4.88 Å². The second-order valence-corrected chi connectivity index (χ2v) is 4.31. The van der Waals surface area contributed by atoms with Crippen LogP contribution in [0.2, 0.25) is 0 Å². The Hall–Kier alpha value is -0.380.